The molecule has 1 amide bonds. The molecule has 4 rings (SSSR count). The van der Waals surface area contributed by atoms with Gasteiger partial charge in [-0.15, -0.1) is 0 Å². The molecule has 130 valence electrons. The van der Waals surface area contributed by atoms with E-state index in [0.717, 1.165) is 5.39 Å². The molecular weight excluding hydrogens is 333 g/mol. The molecule has 2 aromatic carbocycles. The van der Waals surface area contributed by atoms with Gasteiger partial charge in [-0.1, -0.05) is 12.1 Å². The molecule has 1 saturated heterocycles. The molecule has 26 heavy (non-hydrogen) atoms. The van der Waals surface area contributed by atoms with E-state index in [-0.39, 0.29) is 17.8 Å². The van der Waals surface area contributed by atoms with E-state index in [9.17, 15) is 14.4 Å². The van der Waals surface area contributed by atoms with Gasteiger partial charge in [0.2, 0.25) is 0 Å². The minimum Gasteiger partial charge on any atom is -0.379 e. The number of hydrogen-bond acceptors (Lipinski definition) is 3. The first-order valence-corrected chi connectivity index (χ1v) is 8.36. The maximum atomic E-state index is 13.3. The molecule has 0 radical (unpaired) electrons. The third kappa shape index (κ3) is 2.83. The third-order valence-electron chi connectivity index (χ3n) is 4.60. The monoisotopic (exact) mass is 349 g/mol. The Morgan fingerprint density at radius 3 is 2.77 bits per heavy atom. The number of fused-ring (bicyclic) bond motifs is 1. The van der Waals surface area contributed by atoms with Gasteiger partial charge >= 0.3 is 0 Å². The van der Waals surface area contributed by atoms with Crippen LogP contribution in [0.1, 0.15) is 22.5 Å². The van der Waals surface area contributed by atoms with Crippen LogP contribution in [0.5, 0.6) is 0 Å². The number of nitriles is 1. The van der Waals surface area contributed by atoms with Crippen molar-refractivity contribution < 1.29 is 13.9 Å². The van der Waals surface area contributed by atoms with E-state index in [4.69, 9.17) is 4.74 Å². The highest BCUT2D eigenvalue weighted by molar-refractivity contribution is 6.08. The lowest BCUT2D eigenvalue weighted by Crippen LogP contribution is -2.41. The topological polar surface area (TPSA) is 69.1 Å². The summed E-state index contributed by atoms with van der Waals surface area (Å²) in [6.45, 7) is 1.02. The number of ether oxygens (including phenoxy) is 1. The van der Waals surface area contributed by atoms with Gasteiger partial charge in [0, 0.05) is 17.7 Å². The fraction of sp³-hybridized carbons (Fsp3) is 0.200. The van der Waals surface area contributed by atoms with Crippen LogP contribution in [0.4, 0.5) is 10.1 Å². The van der Waals surface area contributed by atoms with Gasteiger partial charge in [-0.2, -0.15) is 5.26 Å². The lowest BCUT2D eigenvalue weighted by Gasteiger charge is -2.27. The molecular formula is C20H16FN3O2. The molecule has 0 bridgehead atoms. The number of nitrogens with zero attached hydrogens (tertiary/aromatic N) is 2. The van der Waals surface area contributed by atoms with E-state index >= 15 is 0 Å². The highest BCUT2D eigenvalue weighted by Crippen LogP contribution is 2.26. The molecule has 1 aliphatic heterocycles. The predicted molar refractivity (Wildman–Crippen MR) is 95.4 cm³/mol. The number of hydrogen-bond donors (Lipinski definition) is 1. The average Bonchev–Trinajstić information content (AvgIpc) is 3.32. The van der Waals surface area contributed by atoms with Gasteiger partial charge < -0.3 is 14.6 Å². The van der Waals surface area contributed by atoms with E-state index in [0.29, 0.717) is 42.1 Å². The number of aromatic amines is 1. The van der Waals surface area contributed by atoms with Gasteiger partial charge in [-0.3, -0.25) is 4.79 Å². The van der Waals surface area contributed by atoms with E-state index in [1.807, 2.05) is 6.07 Å². The van der Waals surface area contributed by atoms with Crippen LogP contribution in [0.2, 0.25) is 0 Å². The second-order valence-corrected chi connectivity index (χ2v) is 6.23. The lowest BCUT2D eigenvalue weighted by atomic mass is 10.1. The second-order valence-electron chi connectivity index (χ2n) is 6.23. The van der Waals surface area contributed by atoms with Crippen molar-refractivity contribution in [3.63, 3.8) is 0 Å². The van der Waals surface area contributed by atoms with Gasteiger partial charge in [0.25, 0.3) is 5.91 Å². The van der Waals surface area contributed by atoms with Crippen LogP contribution in [0.3, 0.4) is 0 Å². The first-order chi connectivity index (χ1) is 12.7. The van der Waals surface area contributed by atoms with Crippen LogP contribution in [0.15, 0.2) is 48.5 Å². The molecule has 0 saturated carbocycles. The zero-order valence-corrected chi connectivity index (χ0v) is 13.9. The van der Waals surface area contributed by atoms with Gasteiger partial charge in [-0.25, -0.2) is 4.39 Å². The van der Waals surface area contributed by atoms with E-state index in [2.05, 4.69) is 11.1 Å². The molecule has 1 fully saturated rings. The first-order valence-electron chi connectivity index (χ1n) is 8.36. The van der Waals surface area contributed by atoms with Gasteiger partial charge in [-0.05, 0) is 42.8 Å². The molecule has 6 heteroatoms. The summed E-state index contributed by atoms with van der Waals surface area (Å²) < 4.78 is 18.8. The average molecular weight is 349 g/mol. The largest absolute Gasteiger partial charge is 0.379 e. The Bertz CT molecular complexity index is 998. The fourth-order valence-electron chi connectivity index (χ4n) is 3.32. The number of amides is 1. The Balaban J connectivity index is 1.77. The number of carbonyl (C=O) groups excluding carboxylic acids is 1. The summed E-state index contributed by atoms with van der Waals surface area (Å²) in [7, 11) is 0. The standard InChI is InChI=1S/C20H16FN3O2/c21-15-4-6-16(7-5-15)24(17-8-9-26-12-17)20(25)18-10-13-2-1-3-14(11-22)19(13)23-18/h1-7,10,17,23H,8-9,12H2. The number of rotatable bonds is 3. The number of para-hydroxylation sites is 1. The van der Waals surface area contributed by atoms with Crippen LogP contribution < -0.4 is 4.90 Å². The number of nitrogens with one attached hydrogen (secondary N) is 1. The summed E-state index contributed by atoms with van der Waals surface area (Å²) in [5, 5.41) is 10.1. The minimum atomic E-state index is -0.354. The van der Waals surface area contributed by atoms with Crippen molar-refractivity contribution in [3.05, 3.63) is 65.6 Å². The molecule has 0 aliphatic carbocycles. The number of anilines is 1. The summed E-state index contributed by atoms with van der Waals surface area (Å²) in [5.74, 6) is -0.583. The van der Waals surface area contributed by atoms with Crippen LogP contribution >= 0.6 is 0 Å². The van der Waals surface area contributed by atoms with Crippen LogP contribution in [-0.4, -0.2) is 30.1 Å². The number of carbonyl (C=O) groups is 1. The summed E-state index contributed by atoms with van der Waals surface area (Å²) in [6.07, 6.45) is 0.715. The van der Waals surface area contributed by atoms with Crippen molar-refractivity contribution in [2.45, 2.75) is 12.5 Å². The Morgan fingerprint density at radius 1 is 1.27 bits per heavy atom. The number of aromatic nitrogens is 1. The molecule has 2 heterocycles. The molecule has 0 spiro atoms. The van der Waals surface area contributed by atoms with Crippen molar-refractivity contribution in [1.29, 1.82) is 5.26 Å². The third-order valence-corrected chi connectivity index (χ3v) is 4.60. The number of H-pyrrole nitrogens is 1. The molecule has 1 aromatic heterocycles. The Morgan fingerprint density at radius 2 is 2.08 bits per heavy atom. The van der Waals surface area contributed by atoms with Crippen molar-refractivity contribution in [2.75, 3.05) is 18.1 Å². The van der Waals surface area contributed by atoms with E-state index in [1.54, 1.807) is 35.2 Å². The van der Waals surface area contributed by atoms with Gasteiger partial charge in [0.05, 0.1) is 23.7 Å². The van der Waals surface area contributed by atoms with Gasteiger partial charge in [0.15, 0.2) is 0 Å². The van der Waals surface area contributed by atoms with Crippen molar-refractivity contribution in [2.24, 2.45) is 0 Å². The normalized spacial score (nSPS) is 16.5. The van der Waals surface area contributed by atoms with Gasteiger partial charge in [0.1, 0.15) is 17.6 Å². The van der Waals surface area contributed by atoms with Crippen molar-refractivity contribution >= 4 is 22.5 Å². The minimum absolute atomic E-state index is 0.116. The molecule has 3 aromatic rings. The Kier molecular flexibility index (Phi) is 4.15. The second kappa shape index (κ2) is 6.62. The maximum absolute atomic E-state index is 13.3. The Hall–Kier alpha value is -3.17. The molecule has 1 unspecified atom stereocenters. The summed E-state index contributed by atoms with van der Waals surface area (Å²) in [5.41, 5.74) is 2.13. The molecule has 1 atom stereocenters. The van der Waals surface area contributed by atoms with Crippen LogP contribution in [0, 0.1) is 17.1 Å². The summed E-state index contributed by atoms with van der Waals surface area (Å²) in [6, 6.07) is 15.0. The molecule has 5 nitrogen and oxygen atoms in total. The van der Waals surface area contributed by atoms with Crippen LogP contribution in [0.25, 0.3) is 10.9 Å². The van der Waals surface area contributed by atoms with E-state index < -0.39 is 0 Å². The van der Waals surface area contributed by atoms with Crippen molar-refractivity contribution in [3.8, 4) is 6.07 Å². The van der Waals surface area contributed by atoms with Crippen molar-refractivity contribution in [1.82, 2.24) is 4.98 Å². The SMILES string of the molecule is N#Cc1cccc2cc(C(=O)N(c3ccc(F)cc3)C3CCOC3)[nH]c12. The summed E-state index contributed by atoms with van der Waals surface area (Å²) in [4.78, 5) is 18.0. The van der Waals surface area contributed by atoms with E-state index in [1.165, 1.54) is 12.1 Å². The zero-order chi connectivity index (χ0) is 18.1. The fourth-order valence-corrected chi connectivity index (χ4v) is 3.32. The Labute approximate surface area is 149 Å². The smallest absolute Gasteiger partial charge is 0.275 e. The highest BCUT2D eigenvalue weighted by Gasteiger charge is 2.30. The molecule has 1 N–H and O–H groups in total. The number of benzene rings is 2. The van der Waals surface area contributed by atoms with Crippen LogP contribution in [-0.2, 0) is 4.74 Å². The molecule has 1 aliphatic rings. The quantitative estimate of drug-likeness (QED) is 0.785. The lowest BCUT2D eigenvalue weighted by molar-refractivity contribution is 0.0967. The first kappa shape index (κ1) is 16.3. The maximum Gasteiger partial charge on any atom is 0.275 e. The highest BCUT2D eigenvalue weighted by atomic mass is 19.1. The summed E-state index contributed by atoms with van der Waals surface area (Å²) >= 11 is 0. The zero-order valence-electron chi connectivity index (χ0n) is 13.9. The number of halogens is 1. The predicted octanol–water partition coefficient (Wildman–Crippen LogP) is 3.61.